The van der Waals surface area contributed by atoms with Crippen molar-refractivity contribution in [2.75, 3.05) is 5.32 Å². The molecule has 0 saturated heterocycles. The molecule has 0 bridgehead atoms. The van der Waals surface area contributed by atoms with E-state index in [9.17, 15) is 20.2 Å². The van der Waals surface area contributed by atoms with Crippen LogP contribution in [0.2, 0.25) is 0 Å². The van der Waals surface area contributed by atoms with E-state index in [0.29, 0.717) is 11.1 Å². The Balaban J connectivity index is 2.29. The number of nitro groups is 1. The zero-order valence-electron chi connectivity index (χ0n) is 12.6. The number of hydrogen-bond acceptors (Lipinski definition) is 4. The van der Waals surface area contributed by atoms with E-state index >= 15 is 0 Å². The van der Waals surface area contributed by atoms with Crippen LogP contribution in [0.15, 0.2) is 52.5 Å². The molecule has 1 amide bonds. The molecule has 0 unspecified atom stereocenters. The summed E-state index contributed by atoms with van der Waals surface area (Å²) >= 11 is 3.30. The predicted molar refractivity (Wildman–Crippen MR) is 94.2 cm³/mol. The van der Waals surface area contributed by atoms with E-state index in [-0.39, 0.29) is 16.9 Å². The fourth-order valence-corrected chi connectivity index (χ4v) is 2.23. The number of rotatable bonds is 4. The minimum atomic E-state index is -0.702. The molecule has 0 radical (unpaired) electrons. The SMILES string of the molecule is Cc1ccc(NC(=O)/C(C#N)=C/c2ccc(Br)cc2)c([N+](=O)[O-])c1. The largest absolute Gasteiger partial charge is 0.316 e. The molecule has 0 aliphatic rings. The first-order valence-electron chi connectivity index (χ1n) is 6.84. The van der Waals surface area contributed by atoms with Crippen LogP contribution in [-0.4, -0.2) is 10.8 Å². The van der Waals surface area contributed by atoms with Crippen molar-refractivity contribution in [1.29, 1.82) is 5.26 Å². The van der Waals surface area contributed by atoms with Gasteiger partial charge in [-0.05, 0) is 42.3 Å². The molecular formula is C17H12BrN3O3. The fourth-order valence-electron chi connectivity index (χ4n) is 1.96. The van der Waals surface area contributed by atoms with Gasteiger partial charge in [0, 0.05) is 10.5 Å². The smallest absolute Gasteiger partial charge is 0.293 e. The molecule has 1 N–H and O–H groups in total. The molecule has 7 heteroatoms. The number of aryl methyl sites for hydroxylation is 1. The summed E-state index contributed by atoms with van der Waals surface area (Å²) in [7, 11) is 0. The number of halogens is 1. The molecule has 0 atom stereocenters. The standard InChI is InChI=1S/C17H12BrN3O3/c1-11-2-7-15(16(8-11)21(23)24)20-17(22)13(10-19)9-12-3-5-14(18)6-4-12/h2-9H,1H3,(H,20,22)/b13-9+. The van der Waals surface area contributed by atoms with E-state index in [0.717, 1.165) is 4.47 Å². The minimum absolute atomic E-state index is 0.0487. The van der Waals surface area contributed by atoms with Crippen molar-refractivity contribution >= 4 is 39.3 Å². The van der Waals surface area contributed by atoms with Gasteiger partial charge in [-0.3, -0.25) is 14.9 Å². The summed E-state index contributed by atoms with van der Waals surface area (Å²) in [5, 5.41) is 22.7. The van der Waals surface area contributed by atoms with Crippen molar-refractivity contribution in [1.82, 2.24) is 0 Å². The highest BCUT2D eigenvalue weighted by molar-refractivity contribution is 9.10. The lowest BCUT2D eigenvalue weighted by molar-refractivity contribution is -0.384. The molecule has 0 aliphatic carbocycles. The Kier molecular flexibility index (Phi) is 5.45. The summed E-state index contributed by atoms with van der Waals surface area (Å²) < 4.78 is 0.873. The summed E-state index contributed by atoms with van der Waals surface area (Å²) in [6.45, 7) is 1.72. The van der Waals surface area contributed by atoms with Crippen LogP contribution in [0, 0.1) is 28.4 Å². The van der Waals surface area contributed by atoms with Gasteiger partial charge < -0.3 is 5.32 Å². The Labute approximate surface area is 146 Å². The molecule has 0 saturated carbocycles. The summed E-state index contributed by atoms with van der Waals surface area (Å²) in [5.74, 6) is -0.702. The lowest BCUT2D eigenvalue weighted by Crippen LogP contribution is -2.14. The van der Waals surface area contributed by atoms with E-state index in [1.807, 2.05) is 6.07 Å². The molecule has 0 heterocycles. The maximum atomic E-state index is 12.2. The first-order valence-corrected chi connectivity index (χ1v) is 7.64. The van der Waals surface area contributed by atoms with Crippen LogP contribution in [0.1, 0.15) is 11.1 Å². The maximum absolute atomic E-state index is 12.2. The van der Waals surface area contributed by atoms with Gasteiger partial charge in [-0.2, -0.15) is 5.26 Å². The van der Waals surface area contributed by atoms with Crippen LogP contribution >= 0.6 is 15.9 Å². The van der Waals surface area contributed by atoms with Crippen LogP contribution in [0.25, 0.3) is 6.08 Å². The average molecular weight is 386 g/mol. The van der Waals surface area contributed by atoms with Crippen LogP contribution < -0.4 is 5.32 Å². The second-order valence-electron chi connectivity index (χ2n) is 4.95. The molecule has 0 spiro atoms. The van der Waals surface area contributed by atoms with Gasteiger partial charge in [0.1, 0.15) is 17.3 Å². The second kappa shape index (κ2) is 7.53. The number of anilines is 1. The number of benzene rings is 2. The summed E-state index contributed by atoms with van der Waals surface area (Å²) in [6.07, 6.45) is 1.42. The van der Waals surface area contributed by atoms with Gasteiger partial charge in [-0.1, -0.05) is 34.1 Å². The Morgan fingerprint density at radius 2 is 1.96 bits per heavy atom. The topological polar surface area (TPSA) is 96.0 Å². The summed E-state index contributed by atoms with van der Waals surface area (Å²) in [6, 6.07) is 13.3. The predicted octanol–water partition coefficient (Wildman–Crippen LogP) is 4.21. The number of carbonyl (C=O) groups is 1. The minimum Gasteiger partial charge on any atom is -0.316 e. The zero-order chi connectivity index (χ0) is 17.7. The number of nitrogens with one attached hydrogen (secondary N) is 1. The first-order chi connectivity index (χ1) is 11.4. The number of nitrogens with zero attached hydrogens (tertiary/aromatic N) is 2. The average Bonchev–Trinajstić information content (AvgIpc) is 2.55. The zero-order valence-corrected chi connectivity index (χ0v) is 14.2. The van der Waals surface area contributed by atoms with Crippen molar-refractivity contribution in [3.05, 3.63) is 73.8 Å². The molecule has 2 rings (SSSR count). The van der Waals surface area contributed by atoms with Gasteiger partial charge >= 0.3 is 0 Å². The van der Waals surface area contributed by atoms with Gasteiger partial charge in [0.2, 0.25) is 0 Å². The molecular weight excluding hydrogens is 374 g/mol. The highest BCUT2D eigenvalue weighted by Gasteiger charge is 2.18. The molecule has 2 aromatic rings. The molecule has 120 valence electrons. The molecule has 24 heavy (non-hydrogen) atoms. The molecule has 6 nitrogen and oxygen atoms in total. The van der Waals surface area contributed by atoms with Crippen LogP contribution in [0.4, 0.5) is 11.4 Å². The number of hydrogen-bond donors (Lipinski definition) is 1. The molecule has 0 aromatic heterocycles. The number of nitriles is 1. The van der Waals surface area contributed by atoms with E-state index in [4.69, 9.17) is 0 Å². The molecule has 2 aromatic carbocycles. The maximum Gasteiger partial charge on any atom is 0.293 e. The van der Waals surface area contributed by atoms with Crippen molar-refractivity contribution in [3.8, 4) is 6.07 Å². The third-order valence-electron chi connectivity index (χ3n) is 3.14. The van der Waals surface area contributed by atoms with Crippen molar-refractivity contribution in [2.45, 2.75) is 6.92 Å². The van der Waals surface area contributed by atoms with Gasteiger partial charge in [-0.25, -0.2) is 0 Å². The van der Waals surface area contributed by atoms with Gasteiger partial charge in [0.05, 0.1) is 4.92 Å². The van der Waals surface area contributed by atoms with E-state index in [1.165, 1.54) is 18.2 Å². The Bertz CT molecular complexity index is 868. The normalized spacial score (nSPS) is 10.8. The van der Waals surface area contributed by atoms with Crippen molar-refractivity contribution in [3.63, 3.8) is 0 Å². The lowest BCUT2D eigenvalue weighted by Gasteiger charge is -2.06. The van der Waals surface area contributed by atoms with Crippen LogP contribution in [0.3, 0.4) is 0 Å². The third-order valence-corrected chi connectivity index (χ3v) is 3.67. The molecule has 0 aliphatic heterocycles. The quantitative estimate of drug-likeness (QED) is 0.368. The second-order valence-corrected chi connectivity index (χ2v) is 5.87. The Hall–Kier alpha value is -2.98. The monoisotopic (exact) mass is 385 g/mol. The van der Waals surface area contributed by atoms with E-state index in [1.54, 1.807) is 37.3 Å². The van der Waals surface area contributed by atoms with Crippen molar-refractivity contribution in [2.24, 2.45) is 0 Å². The lowest BCUT2D eigenvalue weighted by atomic mass is 10.1. The van der Waals surface area contributed by atoms with Gasteiger partial charge in [0.25, 0.3) is 11.6 Å². The van der Waals surface area contributed by atoms with Gasteiger partial charge in [-0.15, -0.1) is 0 Å². The van der Waals surface area contributed by atoms with E-state index < -0.39 is 10.8 Å². The Morgan fingerprint density at radius 3 is 2.54 bits per heavy atom. The number of amides is 1. The fraction of sp³-hybridized carbons (Fsp3) is 0.0588. The Morgan fingerprint density at radius 1 is 1.29 bits per heavy atom. The molecule has 0 fully saturated rings. The highest BCUT2D eigenvalue weighted by atomic mass is 79.9. The third kappa shape index (κ3) is 4.27. The van der Waals surface area contributed by atoms with Crippen LogP contribution in [-0.2, 0) is 4.79 Å². The number of carbonyl (C=O) groups excluding carboxylic acids is 1. The number of nitro benzene ring substituents is 1. The van der Waals surface area contributed by atoms with Crippen molar-refractivity contribution < 1.29 is 9.72 Å². The highest BCUT2D eigenvalue weighted by Crippen LogP contribution is 2.26. The first kappa shape index (κ1) is 17.4. The van der Waals surface area contributed by atoms with E-state index in [2.05, 4.69) is 21.2 Å². The van der Waals surface area contributed by atoms with Crippen LogP contribution in [0.5, 0.6) is 0 Å². The van der Waals surface area contributed by atoms with Gasteiger partial charge in [0.15, 0.2) is 0 Å². The summed E-state index contributed by atoms with van der Waals surface area (Å²) in [5.41, 5.74) is 1.05. The summed E-state index contributed by atoms with van der Waals surface area (Å²) in [4.78, 5) is 22.8.